The van der Waals surface area contributed by atoms with Gasteiger partial charge in [-0.15, -0.1) is 0 Å². The van der Waals surface area contributed by atoms with Crippen LogP contribution in [0.15, 0.2) is 12.1 Å². The van der Waals surface area contributed by atoms with Gasteiger partial charge in [0.25, 0.3) is 5.69 Å². The molecule has 6 nitrogen and oxygen atoms in total. The molecule has 1 aromatic carbocycles. The van der Waals surface area contributed by atoms with Crippen molar-refractivity contribution in [3.63, 3.8) is 0 Å². The Morgan fingerprint density at radius 1 is 1.55 bits per heavy atom. The molecule has 1 heterocycles. The van der Waals surface area contributed by atoms with Gasteiger partial charge in [0.05, 0.1) is 21.2 Å². The molecule has 1 atom stereocenters. The molecule has 1 N–H and O–H groups in total. The average molecular weight is 299 g/mol. The van der Waals surface area contributed by atoms with Crippen molar-refractivity contribution in [1.82, 2.24) is 0 Å². The summed E-state index contributed by atoms with van der Waals surface area (Å²) in [6.07, 6.45) is 2.04. The maximum Gasteiger partial charge on any atom is 0.338 e. The van der Waals surface area contributed by atoms with Gasteiger partial charge in [-0.25, -0.2) is 4.79 Å². The molecule has 0 aliphatic carbocycles. The second-order valence-corrected chi connectivity index (χ2v) is 5.49. The minimum atomic E-state index is -1.20. The number of aromatic carboxylic acids is 1. The first kappa shape index (κ1) is 14.6. The number of nitrogens with zero attached hydrogens (tertiary/aromatic N) is 2. The first-order valence-corrected chi connectivity index (χ1v) is 6.74. The predicted molar refractivity (Wildman–Crippen MR) is 75.7 cm³/mol. The Hall–Kier alpha value is -1.82. The number of nitro benzene ring substituents is 1. The van der Waals surface area contributed by atoms with Crippen LogP contribution in [0.2, 0.25) is 5.02 Å². The summed E-state index contributed by atoms with van der Waals surface area (Å²) in [6, 6.07) is 2.28. The Morgan fingerprint density at radius 2 is 2.25 bits per heavy atom. The summed E-state index contributed by atoms with van der Waals surface area (Å²) in [5, 5.41) is 20.2. The normalized spacial score (nSPS) is 18.9. The van der Waals surface area contributed by atoms with Crippen molar-refractivity contribution in [1.29, 1.82) is 0 Å². The Labute approximate surface area is 121 Å². The van der Waals surface area contributed by atoms with Crippen molar-refractivity contribution in [3.8, 4) is 0 Å². The molecule has 20 heavy (non-hydrogen) atoms. The van der Waals surface area contributed by atoms with E-state index >= 15 is 0 Å². The fourth-order valence-electron chi connectivity index (χ4n) is 2.57. The van der Waals surface area contributed by atoms with Gasteiger partial charge in [-0.3, -0.25) is 10.1 Å². The molecule has 0 amide bonds. The Balaban J connectivity index is 2.50. The number of benzene rings is 1. The zero-order chi connectivity index (χ0) is 14.9. The standard InChI is InChI=1S/C13H15ClN2O4/c1-8-3-2-4-15(7-8)12-10(13(17)18)5-9(16(19)20)6-11(12)14/h5-6,8H,2-4,7H2,1H3,(H,17,18). The number of carboxylic acids is 1. The third kappa shape index (κ3) is 2.85. The monoisotopic (exact) mass is 298 g/mol. The number of carboxylic acid groups (broad SMARTS) is 1. The lowest BCUT2D eigenvalue weighted by molar-refractivity contribution is -0.384. The van der Waals surface area contributed by atoms with Gasteiger partial charge in [-0.05, 0) is 18.8 Å². The molecule has 1 unspecified atom stereocenters. The smallest absolute Gasteiger partial charge is 0.338 e. The summed E-state index contributed by atoms with van der Waals surface area (Å²) in [7, 11) is 0. The van der Waals surface area contributed by atoms with Gasteiger partial charge >= 0.3 is 5.97 Å². The highest BCUT2D eigenvalue weighted by atomic mass is 35.5. The summed E-state index contributed by atoms with van der Waals surface area (Å²) < 4.78 is 0. The summed E-state index contributed by atoms with van der Waals surface area (Å²) in [4.78, 5) is 23.4. The van der Waals surface area contributed by atoms with Gasteiger partial charge in [0.1, 0.15) is 0 Å². The van der Waals surface area contributed by atoms with Gasteiger partial charge < -0.3 is 10.0 Å². The number of carbonyl (C=O) groups is 1. The van der Waals surface area contributed by atoms with Crippen LogP contribution in [0.5, 0.6) is 0 Å². The lowest BCUT2D eigenvalue weighted by atomic mass is 9.98. The number of non-ortho nitro benzene ring substituents is 1. The van der Waals surface area contributed by atoms with E-state index in [0.717, 1.165) is 18.9 Å². The lowest BCUT2D eigenvalue weighted by Crippen LogP contribution is -2.35. The lowest BCUT2D eigenvalue weighted by Gasteiger charge is -2.34. The van der Waals surface area contributed by atoms with E-state index < -0.39 is 10.9 Å². The second-order valence-electron chi connectivity index (χ2n) is 5.08. The number of nitro groups is 1. The van der Waals surface area contributed by atoms with Crippen LogP contribution in [0.1, 0.15) is 30.1 Å². The fourth-order valence-corrected chi connectivity index (χ4v) is 2.90. The van der Waals surface area contributed by atoms with Crippen LogP contribution in [0.25, 0.3) is 0 Å². The van der Waals surface area contributed by atoms with Crippen molar-refractivity contribution in [2.45, 2.75) is 19.8 Å². The molecule has 1 fully saturated rings. The van der Waals surface area contributed by atoms with E-state index in [4.69, 9.17) is 11.6 Å². The quantitative estimate of drug-likeness (QED) is 0.684. The SMILES string of the molecule is CC1CCCN(c2c(Cl)cc([N+](=O)[O-])cc2C(=O)O)C1. The molecule has 1 aromatic rings. The highest BCUT2D eigenvalue weighted by Gasteiger charge is 2.26. The van der Waals surface area contributed by atoms with Crippen LogP contribution in [-0.4, -0.2) is 29.1 Å². The van der Waals surface area contributed by atoms with Gasteiger partial charge in [0.2, 0.25) is 0 Å². The minimum Gasteiger partial charge on any atom is -0.478 e. The molecule has 0 saturated carbocycles. The van der Waals surface area contributed by atoms with Crippen molar-refractivity contribution in [3.05, 3.63) is 32.8 Å². The molecule has 1 saturated heterocycles. The van der Waals surface area contributed by atoms with Crippen LogP contribution in [-0.2, 0) is 0 Å². The van der Waals surface area contributed by atoms with Gasteiger partial charge in [0.15, 0.2) is 0 Å². The van der Waals surface area contributed by atoms with Crippen molar-refractivity contribution < 1.29 is 14.8 Å². The largest absolute Gasteiger partial charge is 0.478 e. The van der Waals surface area contributed by atoms with Crippen LogP contribution in [0.4, 0.5) is 11.4 Å². The van der Waals surface area contributed by atoms with Crippen LogP contribution in [0.3, 0.4) is 0 Å². The average Bonchev–Trinajstić information content (AvgIpc) is 2.37. The van der Waals surface area contributed by atoms with E-state index in [0.29, 0.717) is 24.7 Å². The minimum absolute atomic E-state index is 0.113. The molecule has 0 radical (unpaired) electrons. The number of hydrogen-bond acceptors (Lipinski definition) is 4. The second kappa shape index (κ2) is 5.66. The molecule has 1 aliphatic rings. The molecule has 2 rings (SSSR count). The van der Waals surface area contributed by atoms with Crippen molar-refractivity contribution in [2.24, 2.45) is 5.92 Å². The van der Waals surface area contributed by atoms with Gasteiger partial charge in [0, 0.05) is 25.2 Å². The third-order valence-corrected chi connectivity index (χ3v) is 3.75. The van der Waals surface area contributed by atoms with Gasteiger partial charge in [-0.1, -0.05) is 18.5 Å². The summed E-state index contributed by atoms with van der Waals surface area (Å²) in [6.45, 7) is 3.51. The highest BCUT2D eigenvalue weighted by molar-refractivity contribution is 6.34. The van der Waals surface area contributed by atoms with Crippen LogP contribution in [0, 0.1) is 16.0 Å². The van der Waals surface area contributed by atoms with E-state index in [1.807, 2.05) is 4.90 Å². The number of piperidine rings is 1. The zero-order valence-electron chi connectivity index (χ0n) is 11.0. The van der Waals surface area contributed by atoms with E-state index in [1.54, 1.807) is 0 Å². The number of halogens is 1. The maximum absolute atomic E-state index is 11.4. The van der Waals surface area contributed by atoms with E-state index in [2.05, 4.69) is 6.92 Å². The molecule has 108 valence electrons. The summed E-state index contributed by atoms with van der Waals surface area (Å²) in [5.41, 5.74) is -0.0316. The summed E-state index contributed by atoms with van der Waals surface area (Å²) >= 11 is 6.09. The van der Waals surface area contributed by atoms with E-state index in [1.165, 1.54) is 6.07 Å². The fraction of sp³-hybridized carbons (Fsp3) is 0.462. The Morgan fingerprint density at radius 3 is 2.80 bits per heavy atom. The van der Waals surface area contributed by atoms with Crippen molar-refractivity contribution >= 4 is 28.9 Å². The number of anilines is 1. The molecule has 1 aliphatic heterocycles. The van der Waals surface area contributed by atoms with E-state index in [-0.39, 0.29) is 16.3 Å². The molecule has 0 aromatic heterocycles. The first-order chi connectivity index (χ1) is 9.40. The molecular weight excluding hydrogens is 284 g/mol. The first-order valence-electron chi connectivity index (χ1n) is 6.36. The molecule has 0 spiro atoms. The topological polar surface area (TPSA) is 83.7 Å². The Kier molecular flexibility index (Phi) is 4.13. The van der Waals surface area contributed by atoms with Crippen LogP contribution < -0.4 is 4.90 Å². The number of rotatable bonds is 3. The van der Waals surface area contributed by atoms with Crippen molar-refractivity contribution in [2.75, 3.05) is 18.0 Å². The number of hydrogen-bond donors (Lipinski definition) is 1. The third-order valence-electron chi connectivity index (χ3n) is 3.46. The molecular formula is C13H15ClN2O4. The Bertz CT molecular complexity index is 562. The predicted octanol–water partition coefficient (Wildman–Crippen LogP) is 3.18. The summed E-state index contributed by atoms with van der Waals surface area (Å²) in [5.74, 6) is -0.763. The van der Waals surface area contributed by atoms with E-state index in [9.17, 15) is 20.0 Å². The van der Waals surface area contributed by atoms with Gasteiger partial charge in [-0.2, -0.15) is 0 Å². The highest BCUT2D eigenvalue weighted by Crippen LogP contribution is 2.36. The maximum atomic E-state index is 11.4. The molecule has 7 heteroatoms. The van der Waals surface area contributed by atoms with Crippen LogP contribution >= 0.6 is 11.6 Å². The molecule has 0 bridgehead atoms. The zero-order valence-corrected chi connectivity index (χ0v) is 11.8.